The minimum Gasteiger partial charge on any atom is -0.473 e. The third kappa shape index (κ3) is 2.93. The zero-order valence-corrected chi connectivity index (χ0v) is 10.9. The van der Waals surface area contributed by atoms with Gasteiger partial charge < -0.3 is 10.1 Å². The highest BCUT2D eigenvalue weighted by molar-refractivity contribution is 5.82. The highest BCUT2D eigenvalue weighted by atomic mass is 16.5. The van der Waals surface area contributed by atoms with E-state index in [2.05, 4.69) is 29.0 Å². The SMILES string of the molecule is C=CCOc1cc(CNC2CC2)c2ccccc2n1. The average molecular weight is 254 g/mol. The Labute approximate surface area is 113 Å². The molecule has 98 valence electrons. The molecule has 1 fully saturated rings. The van der Waals surface area contributed by atoms with Crippen LogP contribution >= 0.6 is 0 Å². The fraction of sp³-hybridized carbons (Fsp3) is 0.312. The summed E-state index contributed by atoms with van der Waals surface area (Å²) in [5.74, 6) is 0.672. The molecule has 0 saturated heterocycles. The third-order valence-electron chi connectivity index (χ3n) is 3.29. The van der Waals surface area contributed by atoms with Crippen LogP contribution in [-0.4, -0.2) is 17.6 Å². The standard InChI is InChI=1S/C16H18N2O/c1-2-9-19-16-10-12(11-17-13-7-8-13)14-5-3-4-6-15(14)18-16/h2-6,10,13,17H,1,7-9,11H2. The predicted molar refractivity (Wildman–Crippen MR) is 77.3 cm³/mol. The van der Waals surface area contributed by atoms with E-state index in [9.17, 15) is 0 Å². The second kappa shape index (κ2) is 5.41. The first-order valence-electron chi connectivity index (χ1n) is 6.72. The zero-order chi connectivity index (χ0) is 13.1. The highest BCUT2D eigenvalue weighted by Crippen LogP contribution is 2.24. The number of nitrogens with one attached hydrogen (secondary N) is 1. The van der Waals surface area contributed by atoms with Crippen molar-refractivity contribution in [2.45, 2.75) is 25.4 Å². The van der Waals surface area contributed by atoms with E-state index in [1.165, 1.54) is 23.8 Å². The summed E-state index contributed by atoms with van der Waals surface area (Å²) in [7, 11) is 0. The Kier molecular flexibility index (Phi) is 3.47. The van der Waals surface area contributed by atoms with Crippen LogP contribution in [0.1, 0.15) is 18.4 Å². The van der Waals surface area contributed by atoms with Crippen molar-refractivity contribution in [2.75, 3.05) is 6.61 Å². The van der Waals surface area contributed by atoms with Gasteiger partial charge in [-0.3, -0.25) is 0 Å². The number of ether oxygens (including phenoxy) is 1. The molecule has 0 atom stereocenters. The van der Waals surface area contributed by atoms with Gasteiger partial charge in [-0.2, -0.15) is 0 Å². The van der Waals surface area contributed by atoms with E-state index in [0.717, 1.165) is 12.1 Å². The lowest BCUT2D eigenvalue weighted by molar-refractivity contribution is 0.349. The van der Waals surface area contributed by atoms with Crippen LogP contribution in [-0.2, 0) is 6.54 Å². The van der Waals surface area contributed by atoms with Crippen LogP contribution in [0.4, 0.5) is 0 Å². The zero-order valence-electron chi connectivity index (χ0n) is 10.9. The largest absolute Gasteiger partial charge is 0.473 e. The number of para-hydroxylation sites is 1. The quantitative estimate of drug-likeness (QED) is 0.804. The van der Waals surface area contributed by atoms with Crippen molar-refractivity contribution in [3.05, 3.63) is 48.6 Å². The van der Waals surface area contributed by atoms with E-state index in [0.29, 0.717) is 18.5 Å². The Balaban J connectivity index is 1.92. The molecule has 1 heterocycles. The number of hydrogen-bond donors (Lipinski definition) is 1. The molecule has 1 aromatic heterocycles. The topological polar surface area (TPSA) is 34.1 Å². The van der Waals surface area contributed by atoms with E-state index in [4.69, 9.17) is 4.74 Å². The molecule has 1 N–H and O–H groups in total. The second-order valence-corrected chi connectivity index (χ2v) is 4.89. The van der Waals surface area contributed by atoms with Gasteiger partial charge >= 0.3 is 0 Å². The van der Waals surface area contributed by atoms with Crippen molar-refractivity contribution >= 4 is 10.9 Å². The Morgan fingerprint density at radius 2 is 2.21 bits per heavy atom. The number of benzene rings is 1. The first kappa shape index (κ1) is 12.2. The van der Waals surface area contributed by atoms with E-state index >= 15 is 0 Å². The Hall–Kier alpha value is -1.87. The second-order valence-electron chi connectivity index (χ2n) is 4.89. The lowest BCUT2D eigenvalue weighted by Gasteiger charge is -2.10. The van der Waals surface area contributed by atoms with Gasteiger partial charge in [-0.1, -0.05) is 30.9 Å². The summed E-state index contributed by atoms with van der Waals surface area (Å²) in [5.41, 5.74) is 2.23. The smallest absolute Gasteiger partial charge is 0.214 e. The van der Waals surface area contributed by atoms with Crippen LogP contribution in [0, 0.1) is 0 Å². The molecule has 0 amide bonds. The average Bonchev–Trinajstić information content (AvgIpc) is 3.26. The minimum atomic E-state index is 0.487. The van der Waals surface area contributed by atoms with Crippen molar-refractivity contribution in [1.29, 1.82) is 0 Å². The van der Waals surface area contributed by atoms with Crippen LogP contribution < -0.4 is 10.1 Å². The Morgan fingerprint density at radius 1 is 1.37 bits per heavy atom. The van der Waals surface area contributed by atoms with Crippen LogP contribution in [0.3, 0.4) is 0 Å². The fourth-order valence-electron chi connectivity index (χ4n) is 2.13. The van der Waals surface area contributed by atoms with Crippen molar-refractivity contribution in [2.24, 2.45) is 0 Å². The first-order valence-corrected chi connectivity index (χ1v) is 6.72. The van der Waals surface area contributed by atoms with Gasteiger partial charge in [0.25, 0.3) is 0 Å². The summed E-state index contributed by atoms with van der Waals surface area (Å²) in [6.45, 7) is 5.02. The van der Waals surface area contributed by atoms with Crippen molar-refractivity contribution < 1.29 is 4.74 Å². The number of hydrogen-bond acceptors (Lipinski definition) is 3. The predicted octanol–water partition coefficient (Wildman–Crippen LogP) is 3.05. The van der Waals surface area contributed by atoms with Crippen molar-refractivity contribution in [1.82, 2.24) is 10.3 Å². The highest BCUT2D eigenvalue weighted by Gasteiger charge is 2.20. The van der Waals surface area contributed by atoms with Gasteiger partial charge in [0, 0.05) is 24.0 Å². The molecule has 1 aromatic carbocycles. The molecule has 2 aromatic rings. The lowest BCUT2D eigenvalue weighted by atomic mass is 10.1. The molecule has 19 heavy (non-hydrogen) atoms. The number of rotatable bonds is 6. The van der Waals surface area contributed by atoms with Gasteiger partial charge in [0.15, 0.2) is 0 Å². The van der Waals surface area contributed by atoms with E-state index in [-0.39, 0.29) is 0 Å². The molecular weight excluding hydrogens is 236 g/mol. The number of aromatic nitrogens is 1. The molecule has 1 saturated carbocycles. The third-order valence-corrected chi connectivity index (χ3v) is 3.29. The number of nitrogens with zero attached hydrogens (tertiary/aromatic N) is 1. The monoisotopic (exact) mass is 254 g/mol. The van der Waals surface area contributed by atoms with Gasteiger partial charge in [-0.05, 0) is 24.5 Å². The number of fused-ring (bicyclic) bond motifs is 1. The van der Waals surface area contributed by atoms with Crippen LogP contribution in [0.15, 0.2) is 43.0 Å². The van der Waals surface area contributed by atoms with Crippen LogP contribution in [0.25, 0.3) is 10.9 Å². The van der Waals surface area contributed by atoms with Gasteiger partial charge in [0.2, 0.25) is 5.88 Å². The summed E-state index contributed by atoms with van der Waals surface area (Å²) in [6, 6.07) is 10.9. The van der Waals surface area contributed by atoms with Gasteiger partial charge in [0.1, 0.15) is 6.61 Å². The maximum atomic E-state index is 5.57. The molecule has 0 radical (unpaired) electrons. The Morgan fingerprint density at radius 3 is 3.00 bits per heavy atom. The minimum absolute atomic E-state index is 0.487. The maximum Gasteiger partial charge on any atom is 0.214 e. The van der Waals surface area contributed by atoms with Gasteiger partial charge in [-0.15, -0.1) is 0 Å². The lowest BCUT2D eigenvalue weighted by Crippen LogP contribution is -2.15. The molecular formula is C16H18N2O. The summed E-state index contributed by atoms with van der Waals surface area (Å²) in [4.78, 5) is 4.52. The van der Waals surface area contributed by atoms with Gasteiger partial charge in [0.05, 0.1) is 5.52 Å². The molecule has 0 aliphatic heterocycles. The summed E-state index contributed by atoms with van der Waals surface area (Å²) in [5, 5.41) is 4.74. The van der Waals surface area contributed by atoms with E-state index in [1.54, 1.807) is 6.08 Å². The molecule has 1 aliphatic rings. The van der Waals surface area contributed by atoms with Crippen LogP contribution in [0.2, 0.25) is 0 Å². The Bertz CT molecular complexity index is 590. The molecule has 3 heteroatoms. The first-order chi connectivity index (χ1) is 9.36. The molecule has 0 unspecified atom stereocenters. The van der Waals surface area contributed by atoms with Crippen molar-refractivity contribution in [3.8, 4) is 5.88 Å². The summed E-state index contributed by atoms with van der Waals surface area (Å²) < 4.78 is 5.57. The van der Waals surface area contributed by atoms with Crippen molar-refractivity contribution in [3.63, 3.8) is 0 Å². The van der Waals surface area contributed by atoms with E-state index < -0.39 is 0 Å². The van der Waals surface area contributed by atoms with E-state index in [1.807, 2.05) is 18.2 Å². The molecule has 1 aliphatic carbocycles. The molecule has 3 rings (SSSR count). The molecule has 0 spiro atoms. The number of pyridine rings is 1. The molecule has 3 nitrogen and oxygen atoms in total. The molecule has 0 bridgehead atoms. The van der Waals surface area contributed by atoms with Gasteiger partial charge in [-0.25, -0.2) is 4.98 Å². The van der Waals surface area contributed by atoms with Crippen LogP contribution in [0.5, 0.6) is 5.88 Å². The summed E-state index contributed by atoms with van der Waals surface area (Å²) in [6.07, 6.45) is 4.32. The normalized spacial score (nSPS) is 14.5. The maximum absolute atomic E-state index is 5.57. The summed E-state index contributed by atoms with van der Waals surface area (Å²) >= 11 is 0. The fourth-order valence-corrected chi connectivity index (χ4v) is 2.13.